The summed E-state index contributed by atoms with van der Waals surface area (Å²) < 4.78 is 0.715. The van der Waals surface area contributed by atoms with Gasteiger partial charge in [0, 0.05) is 7.05 Å². The number of carbonyl (C=O) groups is 1. The molecule has 7 heteroatoms. The molecule has 0 bridgehead atoms. The van der Waals surface area contributed by atoms with Crippen molar-refractivity contribution in [3.63, 3.8) is 0 Å². The molecule has 0 saturated carbocycles. The van der Waals surface area contributed by atoms with Crippen molar-refractivity contribution >= 4 is 34.1 Å². The minimum atomic E-state index is -0.441. The highest BCUT2D eigenvalue weighted by Crippen LogP contribution is 2.37. The number of benzene rings is 1. The summed E-state index contributed by atoms with van der Waals surface area (Å²) in [6.45, 7) is 0. The van der Waals surface area contributed by atoms with E-state index in [0.717, 1.165) is 5.56 Å². The van der Waals surface area contributed by atoms with Crippen molar-refractivity contribution in [1.29, 1.82) is 0 Å². The number of amides is 1. The second kappa shape index (κ2) is 5.83. The van der Waals surface area contributed by atoms with Crippen molar-refractivity contribution < 1.29 is 4.79 Å². The molecule has 1 heterocycles. The number of thioether (sulfide) groups is 1. The zero-order valence-electron chi connectivity index (χ0n) is 9.66. The smallest absolute Gasteiger partial charge is 0.235 e. The Labute approximate surface area is 113 Å². The quantitative estimate of drug-likeness (QED) is 0.818. The second-order valence-electron chi connectivity index (χ2n) is 3.43. The Hall–Kier alpha value is -1.60. The van der Waals surface area contributed by atoms with E-state index in [0.29, 0.717) is 9.47 Å². The Balaban J connectivity index is 2.19. The Morgan fingerprint density at radius 1 is 1.39 bits per heavy atom. The van der Waals surface area contributed by atoms with E-state index in [-0.39, 0.29) is 5.91 Å². The normalized spacial score (nSPS) is 12.1. The Morgan fingerprint density at radius 3 is 2.67 bits per heavy atom. The summed E-state index contributed by atoms with van der Waals surface area (Å²) >= 11 is 2.71. The fourth-order valence-electron chi connectivity index (χ4n) is 1.38. The lowest BCUT2D eigenvalue weighted by molar-refractivity contribution is -0.117. The van der Waals surface area contributed by atoms with Crippen LogP contribution in [0.25, 0.3) is 0 Å². The number of primary amides is 1. The van der Waals surface area contributed by atoms with E-state index in [4.69, 9.17) is 5.73 Å². The summed E-state index contributed by atoms with van der Waals surface area (Å²) in [4.78, 5) is 11.5. The first-order valence-corrected chi connectivity index (χ1v) is 6.92. The van der Waals surface area contributed by atoms with Crippen molar-refractivity contribution in [2.24, 2.45) is 5.73 Å². The predicted octanol–water partition coefficient (Wildman–Crippen LogP) is 1.90. The van der Waals surface area contributed by atoms with Gasteiger partial charge < -0.3 is 11.1 Å². The van der Waals surface area contributed by atoms with Gasteiger partial charge in [-0.05, 0) is 5.56 Å². The van der Waals surface area contributed by atoms with Gasteiger partial charge in [-0.1, -0.05) is 53.4 Å². The van der Waals surface area contributed by atoms with Gasteiger partial charge in [-0.15, -0.1) is 10.2 Å². The van der Waals surface area contributed by atoms with Crippen molar-refractivity contribution in [3.8, 4) is 0 Å². The number of carbonyl (C=O) groups excluding carboxylic acids is 1. The number of hydrogen-bond acceptors (Lipinski definition) is 6. The van der Waals surface area contributed by atoms with Crippen molar-refractivity contribution in [3.05, 3.63) is 35.9 Å². The van der Waals surface area contributed by atoms with Gasteiger partial charge in [0.05, 0.1) is 0 Å². The lowest BCUT2D eigenvalue weighted by Gasteiger charge is -2.10. The van der Waals surface area contributed by atoms with Gasteiger partial charge in [-0.25, -0.2) is 0 Å². The minimum absolute atomic E-state index is 0.382. The Kier molecular flexibility index (Phi) is 4.16. The number of nitrogens with zero attached hydrogens (tertiary/aromatic N) is 2. The summed E-state index contributed by atoms with van der Waals surface area (Å²) in [7, 11) is 1.78. The molecule has 0 aliphatic heterocycles. The van der Waals surface area contributed by atoms with Crippen LogP contribution in [-0.2, 0) is 4.79 Å². The first-order valence-electron chi connectivity index (χ1n) is 5.23. The number of anilines is 1. The summed E-state index contributed by atoms with van der Waals surface area (Å²) in [6.07, 6.45) is 0. The maximum absolute atomic E-state index is 11.5. The maximum Gasteiger partial charge on any atom is 0.235 e. The highest BCUT2D eigenvalue weighted by Gasteiger charge is 2.21. The number of nitrogens with two attached hydrogens (primary N) is 1. The van der Waals surface area contributed by atoms with Crippen LogP contribution < -0.4 is 11.1 Å². The van der Waals surface area contributed by atoms with Crippen molar-refractivity contribution in [2.45, 2.75) is 9.59 Å². The molecule has 5 nitrogen and oxygen atoms in total. The molecule has 18 heavy (non-hydrogen) atoms. The summed E-state index contributed by atoms with van der Waals surface area (Å²) in [5.41, 5.74) is 6.31. The predicted molar refractivity (Wildman–Crippen MR) is 73.7 cm³/mol. The monoisotopic (exact) mass is 280 g/mol. The molecule has 0 fully saturated rings. The van der Waals surface area contributed by atoms with E-state index in [9.17, 15) is 4.79 Å². The van der Waals surface area contributed by atoms with Gasteiger partial charge in [0.15, 0.2) is 4.34 Å². The first kappa shape index (κ1) is 12.8. The molecule has 94 valence electrons. The van der Waals surface area contributed by atoms with Crippen LogP contribution in [0.1, 0.15) is 10.8 Å². The van der Waals surface area contributed by atoms with Crippen LogP contribution in [-0.4, -0.2) is 23.2 Å². The fraction of sp³-hybridized carbons (Fsp3) is 0.182. The number of hydrogen-bond donors (Lipinski definition) is 2. The zero-order chi connectivity index (χ0) is 13.0. The van der Waals surface area contributed by atoms with Gasteiger partial charge in [0.2, 0.25) is 11.0 Å². The zero-order valence-corrected chi connectivity index (χ0v) is 11.3. The molecule has 0 aliphatic carbocycles. The molecule has 3 N–H and O–H groups in total. The van der Waals surface area contributed by atoms with Gasteiger partial charge in [0.1, 0.15) is 5.25 Å². The van der Waals surface area contributed by atoms with E-state index >= 15 is 0 Å². The topological polar surface area (TPSA) is 80.9 Å². The Bertz CT molecular complexity index is 529. The molecule has 0 spiro atoms. The molecule has 0 unspecified atom stereocenters. The van der Waals surface area contributed by atoms with Crippen LogP contribution in [0.2, 0.25) is 0 Å². The largest absolute Gasteiger partial charge is 0.368 e. The maximum atomic E-state index is 11.5. The third kappa shape index (κ3) is 2.99. The molecule has 1 atom stereocenters. The average Bonchev–Trinajstić information content (AvgIpc) is 2.84. The summed E-state index contributed by atoms with van der Waals surface area (Å²) in [5.74, 6) is -0.382. The van der Waals surface area contributed by atoms with Gasteiger partial charge >= 0.3 is 0 Å². The molecule has 0 saturated heterocycles. The van der Waals surface area contributed by atoms with Gasteiger partial charge in [-0.3, -0.25) is 4.79 Å². The molecule has 2 aromatic rings. The van der Waals surface area contributed by atoms with Gasteiger partial charge in [0.25, 0.3) is 0 Å². The molecular weight excluding hydrogens is 268 g/mol. The van der Waals surface area contributed by atoms with E-state index < -0.39 is 5.25 Å². The molecular formula is C11H12N4OS2. The lowest BCUT2D eigenvalue weighted by atomic mass is 10.1. The number of aromatic nitrogens is 2. The molecule has 0 radical (unpaired) electrons. The van der Waals surface area contributed by atoms with Crippen LogP contribution >= 0.6 is 23.1 Å². The van der Waals surface area contributed by atoms with E-state index in [1.807, 2.05) is 30.3 Å². The fourth-order valence-corrected chi connectivity index (χ4v) is 3.23. The third-order valence-corrected chi connectivity index (χ3v) is 4.50. The standard InChI is InChI=1S/C11H12N4OS2/c1-13-10-14-15-11(18-10)17-8(9(12)16)7-5-3-2-4-6-7/h2-6,8H,1H3,(H2,12,16)(H,13,14)/t8-/m0/s1. The first-order chi connectivity index (χ1) is 8.70. The molecule has 1 amide bonds. The average molecular weight is 280 g/mol. The van der Waals surface area contributed by atoms with Crippen LogP contribution in [0, 0.1) is 0 Å². The SMILES string of the molecule is CNc1nnc(S[C@H](C(N)=O)c2ccccc2)s1. The molecule has 1 aromatic carbocycles. The highest BCUT2D eigenvalue weighted by molar-refractivity contribution is 8.01. The van der Waals surface area contributed by atoms with Crippen molar-refractivity contribution in [1.82, 2.24) is 10.2 Å². The van der Waals surface area contributed by atoms with E-state index in [1.54, 1.807) is 7.05 Å². The van der Waals surface area contributed by atoms with Crippen LogP contribution in [0.5, 0.6) is 0 Å². The number of rotatable bonds is 5. The van der Waals surface area contributed by atoms with Crippen molar-refractivity contribution in [2.75, 3.05) is 12.4 Å². The minimum Gasteiger partial charge on any atom is -0.368 e. The van der Waals surface area contributed by atoms with E-state index in [1.165, 1.54) is 23.1 Å². The molecule has 0 aliphatic rings. The Morgan fingerprint density at radius 2 is 2.11 bits per heavy atom. The molecule has 2 rings (SSSR count). The summed E-state index contributed by atoms with van der Waals surface area (Å²) in [5, 5.41) is 11.1. The van der Waals surface area contributed by atoms with E-state index in [2.05, 4.69) is 15.5 Å². The highest BCUT2D eigenvalue weighted by atomic mass is 32.2. The summed E-state index contributed by atoms with van der Waals surface area (Å²) in [6, 6.07) is 9.41. The molecule has 1 aromatic heterocycles. The van der Waals surface area contributed by atoms with Crippen LogP contribution in [0.4, 0.5) is 5.13 Å². The second-order valence-corrected chi connectivity index (χ2v) is 5.76. The third-order valence-electron chi connectivity index (χ3n) is 2.20. The van der Waals surface area contributed by atoms with Crippen LogP contribution in [0.3, 0.4) is 0 Å². The van der Waals surface area contributed by atoms with Gasteiger partial charge in [-0.2, -0.15) is 0 Å². The van der Waals surface area contributed by atoms with Crippen LogP contribution in [0.15, 0.2) is 34.7 Å². The number of nitrogens with one attached hydrogen (secondary N) is 1. The lowest BCUT2D eigenvalue weighted by Crippen LogP contribution is -2.18.